The van der Waals surface area contributed by atoms with Gasteiger partial charge in [0.25, 0.3) is 0 Å². The largest absolute Gasteiger partial charge is 0.396 e. The summed E-state index contributed by atoms with van der Waals surface area (Å²) < 4.78 is 12.8. The standard InChI is InChI=1S/C13H13FN2O/c1-9-8-12(16-13(15-9)6-7-17)10-2-4-11(14)5-3-10/h2-5,8,17H,6-7H2,1H3. The Morgan fingerprint density at radius 3 is 2.53 bits per heavy atom. The fraction of sp³-hybridized carbons (Fsp3) is 0.231. The summed E-state index contributed by atoms with van der Waals surface area (Å²) in [4.78, 5) is 8.55. The third-order valence-electron chi connectivity index (χ3n) is 2.38. The lowest BCUT2D eigenvalue weighted by molar-refractivity contribution is 0.296. The minimum absolute atomic E-state index is 0.0201. The number of aliphatic hydroxyl groups excluding tert-OH is 1. The van der Waals surface area contributed by atoms with E-state index in [9.17, 15) is 4.39 Å². The maximum Gasteiger partial charge on any atom is 0.131 e. The van der Waals surface area contributed by atoms with E-state index in [4.69, 9.17) is 5.11 Å². The lowest BCUT2D eigenvalue weighted by Gasteiger charge is -2.05. The number of nitrogens with zero attached hydrogens (tertiary/aromatic N) is 2. The monoisotopic (exact) mass is 232 g/mol. The van der Waals surface area contributed by atoms with E-state index in [1.165, 1.54) is 12.1 Å². The molecule has 0 atom stereocenters. The molecule has 1 aromatic heterocycles. The summed E-state index contributed by atoms with van der Waals surface area (Å²) >= 11 is 0. The number of aliphatic hydroxyl groups is 1. The summed E-state index contributed by atoms with van der Waals surface area (Å²) in [6.45, 7) is 1.89. The number of hydrogen-bond acceptors (Lipinski definition) is 3. The normalized spacial score (nSPS) is 10.5. The van der Waals surface area contributed by atoms with Gasteiger partial charge in [-0.15, -0.1) is 0 Å². The number of hydrogen-bond donors (Lipinski definition) is 1. The maximum absolute atomic E-state index is 12.8. The zero-order valence-corrected chi connectivity index (χ0v) is 9.52. The van der Waals surface area contributed by atoms with Gasteiger partial charge in [0.15, 0.2) is 0 Å². The summed E-state index contributed by atoms with van der Waals surface area (Å²) in [5.41, 5.74) is 2.43. The molecular weight excluding hydrogens is 219 g/mol. The van der Waals surface area contributed by atoms with Crippen molar-refractivity contribution in [1.29, 1.82) is 0 Å². The highest BCUT2D eigenvalue weighted by atomic mass is 19.1. The Labute approximate surface area is 99.0 Å². The predicted octanol–water partition coefficient (Wildman–Crippen LogP) is 2.13. The first kappa shape index (κ1) is 11.7. The topological polar surface area (TPSA) is 46.0 Å². The number of benzene rings is 1. The van der Waals surface area contributed by atoms with E-state index >= 15 is 0 Å². The Morgan fingerprint density at radius 2 is 1.88 bits per heavy atom. The molecule has 0 unspecified atom stereocenters. The summed E-state index contributed by atoms with van der Waals surface area (Å²) in [6.07, 6.45) is 0.426. The molecule has 0 aliphatic carbocycles. The second kappa shape index (κ2) is 5.01. The van der Waals surface area contributed by atoms with Crippen molar-refractivity contribution < 1.29 is 9.50 Å². The Morgan fingerprint density at radius 1 is 1.18 bits per heavy atom. The summed E-state index contributed by atoms with van der Waals surface area (Å²) in [7, 11) is 0. The number of rotatable bonds is 3. The smallest absolute Gasteiger partial charge is 0.131 e. The van der Waals surface area contributed by atoms with Crippen molar-refractivity contribution in [2.45, 2.75) is 13.3 Å². The lowest BCUT2D eigenvalue weighted by atomic mass is 10.1. The molecule has 0 aliphatic rings. The van der Waals surface area contributed by atoms with Crippen molar-refractivity contribution in [2.24, 2.45) is 0 Å². The molecule has 0 amide bonds. The van der Waals surface area contributed by atoms with Crippen molar-refractivity contribution in [1.82, 2.24) is 9.97 Å². The summed E-state index contributed by atoms with van der Waals surface area (Å²) in [5, 5.41) is 8.88. The molecule has 0 radical (unpaired) electrons. The van der Waals surface area contributed by atoms with Gasteiger partial charge in [-0.1, -0.05) is 0 Å². The van der Waals surface area contributed by atoms with E-state index in [2.05, 4.69) is 9.97 Å². The van der Waals surface area contributed by atoms with E-state index in [0.717, 1.165) is 17.0 Å². The molecule has 17 heavy (non-hydrogen) atoms. The van der Waals surface area contributed by atoms with Crippen LogP contribution in [0.1, 0.15) is 11.5 Å². The molecular formula is C13H13FN2O. The Kier molecular flexibility index (Phi) is 3.44. The van der Waals surface area contributed by atoms with Gasteiger partial charge in [-0.25, -0.2) is 14.4 Å². The predicted molar refractivity (Wildman–Crippen MR) is 63.0 cm³/mol. The molecule has 0 spiro atoms. The second-order valence-corrected chi connectivity index (χ2v) is 3.79. The molecule has 88 valence electrons. The van der Waals surface area contributed by atoms with Gasteiger partial charge >= 0.3 is 0 Å². The molecule has 0 aliphatic heterocycles. The van der Waals surface area contributed by atoms with Gasteiger partial charge in [0.2, 0.25) is 0 Å². The third kappa shape index (κ3) is 2.85. The van der Waals surface area contributed by atoms with Gasteiger partial charge in [0, 0.05) is 17.7 Å². The Hall–Kier alpha value is -1.81. The molecule has 0 saturated carbocycles. The minimum Gasteiger partial charge on any atom is -0.396 e. The van der Waals surface area contributed by atoms with Crippen molar-refractivity contribution in [3.8, 4) is 11.3 Å². The third-order valence-corrected chi connectivity index (χ3v) is 2.38. The molecule has 0 saturated heterocycles. The van der Waals surface area contributed by atoms with Crippen LogP contribution in [0.4, 0.5) is 4.39 Å². The van der Waals surface area contributed by atoms with E-state index in [1.54, 1.807) is 12.1 Å². The minimum atomic E-state index is -0.268. The lowest BCUT2D eigenvalue weighted by Crippen LogP contribution is -2.01. The number of aromatic nitrogens is 2. The number of halogens is 1. The quantitative estimate of drug-likeness (QED) is 0.881. The van der Waals surface area contributed by atoms with Crippen LogP contribution in [0.15, 0.2) is 30.3 Å². The van der Waals surface area contributed by atoms with Gasteiger partial charge in [-0.2, -0.15) is 0 Å². The summed E-state index contributed by atoms with van der Waals surface area (Å²) in [6, 6.07) is 8.00. The van der Waals surface area contributed by atoms with Crippen LogP contribution in [0.5, 0.6) is 0 Å². The average Bonchev–Trinajstić information content (AvgIpc) is 2.29. The molecule has 3 nitrogen and oxygen atoms in total. The van der Waals surface area contributed by atoms with Gasteiger partial charge < -0.3 is 5.11 Å². The highest BCUT2D eigenvalue weighted by Crippen LogP contribution is 2.18. The van der Waals surface area contributed by atoms with Gasteiger partial charge in [-0.3, -0.25) is 0 Å². The second-order valence-electron chi connectivity index (χ2n) is 3.79. The van der Waals surface area contributed by atoms with Crippen LogP contribution in [0, 0.1) is 12.7 Å². The molecule has 2 rings (SSSR count). The number of aryl methyl sites for hydroxylation is 1. The molecule has 1 aromatic carbocycles. The van der Waals surface area contributed by atoms with Crippen LogP contribution in [-0.4, -0.2) is 21.7 Å². The summed E-state index contributed by atoms with van der Waals surface area (Å²) in [5.74, 6) is 0.335. The Balaban J connectivity index is 2.40. The fourth-order valence-electron chi connectivity index (χ4n) is 1.61. The van der Waals surface area contributed by atoms with Gasteiger partial charge in [0.05, 0.1) is 12.3 Å². The van der Waals surface area contributed by atoms with Crippen LogP contribution in [0.2, 0.25) is 0 Å². The SMILES string of the molecule is Cc1cc(-c2ccc(F)cc2)nc(CCO)n1. The van der Waals surface area contributed by atoms with Crippen LogP contribution < -0.4 is 0 Å². The first-order chi connectivity index (χ1) is 8.19. The van der Waals surface area contributed by atoms with Crippen molar-refractivity contribution >= 4 is 0 Å². The van der Waals surface area contributed by atoms with E-state index in [1.807, 2.05) is 13.0 Å². The first-order valence-corrected chi connectivity index (χ1v) is 5.40. The molecule has 4 heteroatoms. The molecule has 2 aromatic rings. The zero-order valence-electron chi connectivity index (χ0n) is 9.52. The van der Waals surface area contributed by atoms with Crippen molar-refractivity contribution in [3.05, 3.63) is 47.7 Å². The molecule has 1 heterocycles. The van der Waals surface area contributed by atoms with Crippen molar-refractivity contribution in [2.75, 3.05) is 6.61 Å². The van der Waals surface area contributed by atoms with E-state index in [0.29, 0.717) is 12.2 Å². The first-order valence-electron chi connectivity index (χ1n) is 5.40. The van der Waals surface area contributed by atoms with Crippen LogP contribution in [0.3, 0.4) is 0 Å². The highest BCUT2D eigenvalue weighted by molar-refractivity contribution is 5.59. The highest BCUT2D eigenvalue weighted by Gasteiger charge is 2.04. The Bertz CT molecular complexity index is 511. The molecule has 0 fully saturated rings. The molecule has 1 N–H and O–H groups in total. The zero-order chi connectivity index (χ0) is 12.3. The molecule has 0 bridgehead atoms. The van der Waals surface area contributed by atoms with Crippen molar-refractivity contribution in [3.63, 3.8) is 0 Å². The fourth-order valence-corrected chi connectivity index (χ4v) is 1.61. The van der Waals surface area contributed by atoms with Gasteiger partial charge in [-0.05, 0) is 37.3 Å². The average molecular weight is 232 g/mol. The maximum atomic E-state index is 12.8. The van der Waals surface area contributed by atoms with E-state index in [-0.39, 0.29) is 12.4 Å². The van der Waals surface area contributed by atoms with Gasteiger partial charge in [0.1, 0.15) is 11.6 Å². The van der Waals surface area contributed by atoms with Crippen LogP contribution in [-0.2, 0) is 6.42 Å². The van der Waals surface area contributed by atoms with E-state index < -0.39 is 0 Å². The van der Waals surface area contributed by atoms with Crippen LogP contribution >= 0.6 is 0 Å². The van der Waals surface area contributed by atoms with Crippen LogP contribution in [0.25, 0.3) is 11.3 Å².